The Kier molecular flexibility index (Phi) is 3.18. The molecule has 1 aliphatic carbocycles. The molecule has 0 heterocycles. The Morgan fingerprint density at radius 1 is 0.833 bits per heavy atom. The lowest BCUT2D eigenvalue weighted by Crippen LogP contribution is -2.08. The van der Waals surface area contributed by atoms with Crippen LogP contribution in [0.4, 0.5) is 0 Å². The minimum Gasteiger partial charge on any atom is -0.0771 e. The van der Waals surface area contributed by atoms with E-state index in [2.05, 4.69) is 85.0 Å². The van der Waals surface area contributed by atoms with Gasteiger partial charge in [-0.05, 0) is 35.1 Å². The summed E-state index contributed by atoms with van der Waals surface area (Å²) >= 11 is 2.60. The number of hydrogen-bond donors (Lipinski definition) is 0. The van der Waals surface area contributed by atoms with Gasteiger partial charge in [0, 0.05) is 9.84 Å². The van der Waals surface area contributed by atoms with Gasteiger partial charge in [-0.1, -0.05) is 78.0 Å². The Bertz CT molecular complexity index is 573. The van der Waals surface area contributed by atoms with Crippen LogP contribution in [0.5, 0.6) is 0 Å². The summed E-state index contributed by atoms with van der Waals surface area (Å²) in [6.07, 6.45) is 0. The third kappa shape index (κ3) is 1.80. The van der Waals surface area contributed by atoms with Crippen molar-refractivity contribution in [3.8, 4) is 0 Å². The number of hydrogen-bond acceptors (Lipinski definition) is 0. The minimum absolute atomic E-state index is 0.560. The van der Waals surface area contributed by atoms with Crippen molar-refractivity contribution in [3.63, 3.8) is 0 Å². The lowest BCUT2D eigenvalue weighted by atomic mass is 9.85. The van der Waals surface area contributed by atoms with E-state index in [1.54, 1.807) is 0 Å². The van der Waals surface area contributed by atoms with Gasteiger partial charge in [0.2, 0.25) is 0 Å². The van der Waals surface area contributed by atoms with Crippen LogP contribution in [0.1, 0.15) is 39.0 Å². The molecule has 0 bridgehead atoms. The van der Waals surface area contributed by atoms with E-state index in [0.29, 0.717) is 15.8 Å². The summed E-state index contributed by atoms with van der Waals surface area (Å²) in [5.74, 6) is 1.23. The van der Waals surface area contributed by atoms with Crippen LogP contribution in [0.3, 0.4) is 0 Å². The topological polar surface area (TPSA) is 0 Å². The summed E-state index contributed by atoms with van der Waals surface area (Å²) in [6, 6.07) is 17.8. The van der Waals surface area contributed by atoms with Gasteiger partial charge >= 0.3 is 0 Å². The van der Waals surface area contributed by atoms with Crippen LogP contribution in [0, 0.1) is 12.8 Å². The summed E-state index contributed by atoms with van der Waals surface area (Å²) in [6.45, 7) is 4.61. The highest BCUT2D eigenvalue weighted by Crippen LogP contribution is 2.52. The monoisotopic (exact) mass is 348 g/mol. The molecule has 0 fully saturated rings. The first-order chi connectivity index (χ1) is 8.70. The maximum absolute atomic E-state index is 2.60. The van der Waals surface area contributed by atoms with Crippen molar-refractivity contribution in [1.82, 2.24) is 0 Å². The van der Waals surface area contributed by atoms with E-state index in [0.717, 1.165) is 0 Å². The molecule has 0 aliphatic heterocycles. The average Bonchev–Trinajstić information content (AvgIpc) is 2.64. The van der Waals surface area contributed by atoms with E-state index in [9.17, 15) is 0 Å². The summed E-state index contributed by atoms with van der Waals surface area (Å²) < 4.78 is 0.628. The van der Waals surface area contributed by atoms with Crippen molar-refractivity contribution < 1.29 is 0 Å². The smallest absolute Gasteiger partial charge is 0.0397 e. The van der Waals surface area contributed by atoms with Crippen LogP contribution in [-0.4, -0.2) is 0 Å². The zero-order chi connectivity index (χ0) is 12.7. The Balaban J connectivity index is 2.16. The maximum Gasteiger partial charge on any atom is 0.0397 e. The first kappa shape index (κ1) is 12.2. The number of benzene rings is 2. The van der Waals surface area contributed by atoms with Crippen molar-refractivity contribution in [1.29, 1.82) is 0 Å². The lowest BCUT2D eigenvalue weighted by molar-refractivity contribution is 0.558. The number of halogens is 1. The highest BCUT2D eigenvalue weighted by atomic mass is 127. The molecular formula is C17H17I. The van der Waals surface area contributed by atoms with Crippen molar-refractivity contribution in [2.75, 3.05) is 0 Å². The minimum atomic E-state index is 0.560. The van der Waals surface area contributed by atoms with Crippen molar-refractivity contribution >= 4 is 22.6 Å². The standard InChI is InChI=1S/C17H17I/c1-11-7-3-4-8-13(11)16-12(2)17(18)15-10-6-5-9-14(15)16/h3-10,12,16-17H,1-2H3. The number of alkyl halides is 1. The molecule has 2 aromatic carbocycles. The summed E-state index contributed by atoms with van der Waals surface area (Å²) in [5, 5.41) is 0. The van der Waals surface area contributed by atoms with Crippen LogP contribution >= 0.6 is 22.6 Å². The molecule has 0 N–H and O–H groups in total. The molecule has 0 radical (unpaired) electrons. The Hall–Kier alpha value is -0.830. The first-order valence-electron chi connectivity index (χ1n) is 6.48. The molecule has 3 atom stereocenters. The number of aryl methyl sites for hydroxylation is 1. The van der Waals surface area contributed by atoms with Gasteiger partial charge < -0.3 is 0 Å². The van der Waals surface area contributed by atoms with E-state index >= 15 is 0 Å². The lowest BCUT2D eigenvalue weighted by Gasteiger charge is -2.20. The average molecular weight is 348 g/mol. The predicted octanol–water partition coefficient (Wildman–Crippen LogP) is 5.25. The zero-order valence-corrected chi connectivity index (χ0v) is 12.9. The SMILES string of the molecule is Cc1ccccc1C1c2ccccc2C(I)C1C. The molecule has 3 rings (SSSR count). The van der Waals surface area contributed by atoms with E-state index in [1.807, 2.05) is 0 Å². The molecule has 92 valence electrons. The molecule has 0 saturated heterocycles. The molecule has 1 heteroatoms. The first-order valence-corrected chi connectivity index (χ1v) is 7.73. The van der Waals surface area contributed by atoms with Crippen molar-refractivity contribution in [3.05, 3.63) is 70.8 Å². The zero-order valence-electron chi connectivity index (χ0n) is 10.7. The molecule has 1 aliphatic rings. The van der Waals surface area contributed by atoms with Gasteiger partial charge in [0.1, 0.15) is 0 Å². The fourth-order valence-electron chi connectivity index (χ4n) is 3.17. The maximum atomic E-state index is 2.60. The highest BCUT2D eigenvalue weighted by molar-refractivity contribution is 14.1. The van der Waals surface area contributed by atoms with E-state index in [4.69, 9.17) is 0 Å². The fourth-order valence-corrected chi connectivity index (χ4v) is 4.15. The largest absolute Gasteiger partial charge is 0.0771 e. The van der Waals surface area contributed by atoms with Crippen LogP contribution in [0.2, 0.25) is 0 Å². The third-order valence-corrected chi connectivity index (χ3v) is 5.94. The molecule has 18 heavy (non-hydrogen) atoms. The van der Waals surface area contributed by atoms with Crippen molar-refractivity contribution in [2.24, 2.45) is 5.92 Å². The van der Waals surface area contributed by atoms with Gasteiger partial charge in [0.25, 0.3) is 0 Å². The van der Waals surface area contributed by atoms with Crippen LogP contribution in [-0.2, 0) is 0 Å². The number of rotatable bonds is 1. The Labute approximate surface area is 123 Å². The molecule has 3 unspecified atom stereocenters. The van der Waals surface area contributed by atoms with Gasteiger partial charge in [-0.25, -0.2) is 0 Å². The molecule has 0 spiro atoms. The normalized spacial score (nSPS) is 26.1. The van der Waals surface area contributed by atoms with Crippen LogP contribution < -0.4 is 0 Å². The van der Waals surface area contributed by atoms with Crippen LogP contribution in [0.25, 0.3) is 0 Å². The Morgan fingerprint density at radius 3 is 2.06 bits per heavy atom. The Morgan fingerprint density at radius 2 is 1.39 bits per heavy atom. The third-order valence-electron chi connectivity index (χ3n) is 4.14. The molecule has 0 saturated carbocycles. The molecule has 0 amide bonds. The second-order valence-corrected chi connectivity index (χ2v) is 6.57. The number of fused-ring (bicyclic) bond motifs is 1. The van der Waals surface area contributed by atoms with E-state index < -0.39 is 0 Å². The quantitative estimate of drug-likeness (QED) is 0.488. The van der Waals surface area contributed by atoms with Crippen LogP contribution in [0.15, 0.2) is 48.5 Å². The van der Waals surface area contributed by atoms with E-state index in [-0.39, 0.29) is 0 Å². The second kappa shape index (κ2) is 4.69. The molecule has 0 aromatic heterocycles. The van der Waals surface area contributed by atoms with Crippen molar-refractivity contribution in [2.45, 2.75) is 23.7 Å². The van der Waals surface area contributed by atoms with Gasteiger partial charge in [0.05, 0.1) is 0 Å². The summed E-state index contributed by atoms with van der Waals surface area (Å²) in [7, 11) is 0. The fraction of sp³-hybridized carbons (Fsp3) is 0.294. The molecular weight excluding hydrogens is 331 g/mol. The van der Waals surface area contributed by atoms with Gasteiger partial charge in [-0.15, -0.1) is 0 Å². The second-order valence-electron chi connectivity index (χ2n) is 5.22. The van der Waals surface area contributed by atoms with Gasteiger partial charge in [-0.3, -0.25) is 0 Å². The molecule has 2 aromatic rings. The summed E-state index contributed by atoms with van der Waals surface area (Å²) in [5.41, 5.74) is 5.96. The summed E-state index contributed by atoms with van der Waals surface area (Å²) in [4.78, 5) is 0. The van der Waals surface area contributed by atoms with Gasteiger partial charge in [-0.2, -0.15) is 0 Å². The van der Waals surface area contributed by atoms with Gasteiger partial charge in [0.15, 0.2) is 0 Å². The highest BCUT2D eigenvalue weighted by Gasteiger charge is 2.37. The predicted molar refractivity (Wildman–Crippen MR) is 85.4 cm³/mol. The molecule has 0 nitrogen and oxygen atoms in total. The van der Waals surface area contributed by atoms with E-state index in [1.165, 1.54) is 22.3 Å².